The standard InChI is InChI=1S/C14H11F3N2O3S/c1-22-9-4-2-3-8(5-9)10-6-11(14(15,16)17)19-13(18-10)23-7-12(20)21/h2-6H,7H2,1H3,(H,20,21). The first-order chi connectivity index (χ1) is 10.8. The van der Waals surface area contributed by atoms with Gasteiger partial charge in [0.2, 0.25) is 0 Å². The van der Waals surface area contributed by atoms with E-state index in [1.165, 1.54) is 13.2 Å². The number of benzene rings is 1. The van der Waals surface area contributed by atoms with Crippen LogP contribution in [0, 0.1) is 0 Å². The molecule has 9 heteroatoms. The zero-order valence-corrected chi connectivity index (χ0v) is 12.6. The number of aromatic nitrogens is 2. The lowest BCUT2D eigenvalue weighted by molar-refractivity contribution is -0.141. The van der Waals surface area contributed by atoms with Crippen molar-refractivity contribution in [2.24, 2.45) is 0 Å². The van der Waals surface area contributed by atoms with E-state index in [0.717, 1.165) is 6.07 Å². The van der Waals surface area contributed by atoms with Crippen molar-refractivity contribution in [3.8, 4) is 17.0 Å². The number of carbonyl (C=O) groups is 1. The van der Waals surface area contributed by atoms with E-state index in [0.29, 0.717) is 23.1 Å². The van der Waals surface area contributed by atoms with Crippen LogP contribution < -0.4 is 4.74 Å². The van der Waals surface area contributed by atoms with Crippen LogP contribution in [0.1, 0.15) is 5.69 Å². The molecule has 0 radical (unpaired) electrons. The lowest BCUT2D eigenvalue weighted by atomic mass is 10.1. The highest BCUT2D eigenvalue weighted by Crippen LogP contribution is 2.32. The van der Waals surface area contributed by atoms with E-state index in [4.69, 9.17) is 9.84 Å². The van der Waals surface area contributed by atoms with Crippen molar-refractivity contribution >= 4 is 17.7 Å². The topological polar surface area (TPSA) is 72.3 Å². The van der Waals surface area contributed by atoms with E-state index in [2.05, 4.69) is 9.97 Å². The molecule has 122 valence electrons. The van der Waals surface area contributed by atoms with Crippen molar-refractivity contribution in [2.45, 2.75) is 11.3 Å². The predicted octanol–water partition coefficient (Wildman–Crippen LogP) is 3.35. The maximum Gasteiger partial charge on any atom is 0.433 e. The maximum absolute atomic E-state index is 13.0. The molecule has 2 rings (SSSR count). The number of alkyl halides is 3. The number of hydrogen-bond donors (Lipinski definition) is 1. The van der Waals surface area contributed by atoms with Gasteiger partial charge in [-0.1, -0.05) is 23.9 Å². The van der Waals surface area contributed by atoms with Crippen molar-refractivity contribution in [3.05, 3.63) is 36.0 Å². The molecule has 0 bridgehead atoms. The lowest BCUT2D eigenvalue weighted by Gasteiger charge is -2.10. The van der Waals surface area contributed by atoms with Crippen molar-refractivity contribution in [1.82, 2.24) is 9.97 Å². The largest absolute Gasteiger partial charge is 0.497 e. The number of halogens is 3. The minimum Gasteiger partial charge on any atom is -0.497 e. The third kappa shape index (κ3) is 4.59. The fourth-order valence-corrected chi connectivity index (χ4v) is 2.27. The molecule has 0 aliphatic carbocycles. The Morgan fingerprint density at radius 1 is 1.30 bits per heavy atom. The molecule has 2 aromatic rings. The smallest absolute Gasteiger partial charge is 0.433 e. The molecule has 1 aromatic heterocycles. The molecule has 0 spiro atoms. The second-order valence-corrected chi connectivity index (χ2v) is 5.28. The molecule has 0 saturated carbocycles. The highest BCUT2D eigenvalue weighted by Gasteiger charge is 2.34. The summed E-state index contributed by atoms with van der Waals surface area (Å²) >= 11 is 0.625. The highest BCUT2D eigenvalue weighted by molar-refractivity contribution is 7.99. The minimum absolute atomic E-state index is 0.0408. The normalized spacial score (nSPS) is 11.3. The van der Waals surface area contributed by atoms with Crippen molar-refractivity contribution in [3.63, 3.8) is 0 Å². The Balaban J connectivity index is 2.48. The number of aliphatic carboxylic acids is 1. The fraction of sp³-hybridized carbons (Fsp3) is 0.214. The van der Waals surface area contributed by atoms with Crippen LogP contribution in [-0.2, 0) is 11.0 Å². The minimum atomic E-state index is -4.66. The Bertz CT molecular complexity index is 723. The van der Waals surface area contributed by atoms with Crippen LogP contribution in [0.4, 0.5) is 13.2 Å². The van der Waals surface area contributed by atoms with Gasteiger partial charge in [0.05, 0.1) is 18.6 Å². The average molecular weight is 344 g/mol. The summed E-state index contributed by atoms with van der Waals surface area (Å²) < 4.78 is 43.9. The van der Waals surface area contributed by atoms with Crippen LogP contribution >= 0.6 is 11.8 Å². The summed E-state index contributed by atoms with van der Waals surface area (Å²) in [5.41, 5.74) is -0.674. The summed E-state index contributed by atoms with van der Waals surface area (Å²) in [4.78, 5) is 18.0. The molecule has 0 atom stereocenters. The highest BCUT2D eigenvalue weighted by atomic mass is 32.2. The molecule has 5 nitrogen and oxygen atoms in total. The molecule has 23 heavy (non-hydrogen) atoms. The van der Waals surface area contributed by atoms with Gasteiger partial charge in [-0.05, 0) is 18.2 Å². The van der Waals surface area contributed by atoms with Crippen molar-refractivity contribution in [1.29, 1.82) is 0 Å². The van der Waals surface area contributed by atoms with Gasteiger partial charge in [-0.3, -0.25) is 4.79 Å². The molecule has 0 aliphatic heterocycles. The fourth-order valence-electron chi connectivity index (χ4n) is 1.69. The van der Waals surface area contributed by atoms with E-state index in [1.54, 1.807) is 18.2 Å². The second kappa shape index (κ2) is 6.86. The van der Waals surface area contributed by atoms with Gasteiger partial charge >= 0.3 is 12.1 Å². The Hall–Kier alpha value is -2.29. The summed E-state index contributed by atoms with van der Waals surface area (Å²) in [5.74, 6) is -1.13. The molecule has 0 unspecified atom stereocenters. The quantitative estimate of drug-likeness (QED) is 0.662. The molecule has 1 aromatic carbocycles. The van der Waals surface area contributed by atoms with Gasteiger partial charge in [0.1, 0.15) is 11.4 Å². The van der Waals surface area contributed by atoms with Crippen LogP contribution in [0.15, 0.2) is 35.5 Å². The number of thioether (sulfide) groups is 1. The first-order valence-corrected chi connectivity index (χ1v) is 7.23. The maximum atomic E-state index is 13.0. The van der Waals surface area contributed by atoms with Gasteiger partial charge in [0.25, 0.3) is 0 Å². The molecule has 0 aliphatic rings. The summed E-state index contributed by atoms with van der Waals surface area (Å²) in [5, 5.41) is 8.39. The van der Waals surface area contributed by atoms with E-state index in [1.807, 2.05) is 0 Å². The van der Waals surface area contributed by atoms with Gasteiger partial charge in [0, 0.05) is 5.56 Å². The lowest BCUT2D eigenvalue weighted by Crippen LogP contribution is -2.10. The third-order valence-corrected chi connectivity index (χ3v) is 3.52. The third-order valence-electron chi connectivity index (χ3n) is 2.69. The van der Waals surface area contributed by atoms with Gasteiger partial charge in [0.15, 0.2) is 5.16 Å². The number of carboxylic acid groups (broad SMARTS) is 1. The zero-order chi connectivity index (χ0) is 17.0. The molecular weight excluding hydrogens is 333 g/mol. The Morgan fingerprint density at radius 3 is 2.65 bits per heavy atom. The Morgan fingerprint density at radius 2 is 2.04 bits per heavy atom. The molecule has 1 heterocycles. The van der Waals surface area contributed by atoms with Gasteiger partial charge in [-0.25, -0.2) is 9.97 Å². The molecular formula is C14H11F3N2O3S. The van der Waals surface area contributed by atoms with Crippen molar-refractivity contribution in [2.75, 3.05) is 12.9 Å². The van der Waals surface area contributed by atoms with Crippen LogP contribution in [-0.4, -0.2) is 33.9 Å². The van der Waals surface area contributed by atoms with Crippen LogP contribution in [0.25, 0.3) is 11.3 Å². The number of methoxy groups -OCH3 is 1. The summed E-state index contributed by atoms with van der Waals surface area (Å²) in [7, 11) is 1.44. The Kier molecular flexibility index (Phi) is 5.09. The van der Waals surface area contributed by atoms with E-state index < -0.39 is 23.6 Å². The van der Waals surface area contributed by atoms with E-state index in [-0.39, 0.29) is 10.9 Å². The number of ether oxygens (including phenoxy) is 1. The van der Waals surface area contributed by atoms with Gasteiger partial charge in [-0.15, -0.1) is 0 Å². The SMILES string of the molecule is COc1cccc(-c2cc(C(F)(F)F)nc(SCC(=O)O)n2)c1. The van der Waals surface area contributed by atoms with Crippen molar-refractivity contribution < 1.29 is 27.8 Å². The number of carboxylic acids is 1. The Labute approximate surface area is 133 Å². The number of rotatable bonds is 5. The van der Waals surface area contributed by atoms with Crippen LogP contribution in [0.3, 0.4) is 0 Å². The van der Waals surface area contributed by atoms with Crippen LogP contribution in [0.2, 0.25) is 0 Å². The monoisotopic (exact) mass is 344 g/mol. The summed E-state index contributed by atoms with van der Waals surface area (Å²) in [6.07, 6.45) is -4.66. The number of nitrogens with zero attached hydrogens (tertiary/aromatic N) is 2. The average Bonchev–Trinajstić information content (AvgIpc) is 2.52. The first kappa shape index (κ1) is 17.1. The molecule has 0 amide bonds. The molecule has 0 fully saturated rings. The second-order valence-electron chi connectivity index (χ2n) is 4.33. The molecule has 0 saturated heterocycles. The van der Waals surface area contributed by atoms with E-state index in [9.17, 15) is 18.0 Å². The molecule has 1 N–H and O–H groups in total. The number of hydrogen-bond acceptors (Lipinski definition) is 5. The first-order valence-electron chi connectivity index (χ1n) is 6.25. The predicted molar refractivity (Wildman–Crippen MR) is 77.4 cm³/mol. The van der Waals surface area contributed by atoms with Gasteiger partial charge in [-0.2, -0.15) is 13.2 Å². The summed E-state index contributed by atoms with van der Waals surface area (Å²) in [6.45, 7) is 0. The van der Waals surface area contributed by atoms with Crippen LogP contribution in [0.5, 0.6) is 5.75 Å². The summed E-state index contributed by atoms with van der Waals surface area (Å²) in [6, 6.07) is 7.20. The van der Waals surface area contributed by atoms with E-state index >= 15 is 0 Å². The van der Waals surface area contributed by atoms with Gasteiger partial charge < -0.3 is 9.84 Å². The zero-order valence-electron chi connectivity index (χ0n) is 11.8.